The Kier molecular flexibility index (Phi) is 5.33. The predicted octanol–water partition coefficient (Wildman–Crippen LogP) is 3.12. The van der Waals surface area contributed by atoms with Crippen molar-refractivity contribution in [2.45, 2.75) is 44.4 Å². The third-order valence-corrected chi connectivity index (χ3v) is 4.70. The van der Waals surface area contributed by atoms with Crippen molar-refractivity contribution in [1.29, 1.82) is 0 Å². The van der Waals surface area contributed by atoms with Gasteiger partial charge in [-0.15, -0.1) is 23.2 Å². The topological polar surface area (TPSA) is 52.3 Å². The summed E-state index contributed by atoms with van der Waals surface area (Å²) in [7, 11) is 0. The van der Waals surface area contributed by atoms with Crippen LogP contribution in [0.5, 0.6) is 0 Å². The Morgan fingerprint density at radius 1 is 1.44 bits per heavy atom. The van der Waals surface area contributed by atoms with E-state index in [0.717, 1.165) is 6.42 Å². The Hall–Kier alpha value is 0.01000. The summed E-state index contributed by atoms with van der Waals surface area (Å²) in [6.45, 7) is 6.97. The molecular weight excluding hydrogens is 273 g/mol. The molecule has 3 nitrogen and oxygen atoms in total. The molecule has 0 heterocycles. The molecule has 0 unspecified atom stereocenters. The molecule has 0 bridgehead atoms. The van der Waals surface area contributed by atoms with Gasteiger partial charge in [0.1, 0.15) is 4.33 Å². The Bertz CT molecular complexity index is 307. The number of alkyl halides is 2. The number of carbonyl (C=O) groups is 1. The van der Waals surface area contributed by atoms with E-state index in [1.165, 1.54) is 0 Å². The Labute approximate surface area is 119 Å². The van der Waals surface area contributed by atoms with E-state index in [4.69, 9.17) is 33.7 Å². The lowest BCUT2D eigenvalue weighted by Gasteiger charge is -2.17. The van der Waals surface area contributed by atoms with Crippen LogP contribution >= 0.6 is 23.2 Å². The first-order valence-corrected chi connectivity index (χ1v) is 7.19. The molecule has 1 aliphatic carbocycles. The van der Waals surface area contributed by atoms with Crippen molar-refractivity contribution in [2.24, 2.45) is 23.0 Å². The highest BCUT2D eigenvalue weighted by Gasteiger charge is 2.63. The number of esters is 1. The average molecular weight is 296 g/mol. The number of ether oxygens (including phenoxy) is 1. The molecular formula is C13H23Cl2NO2. The smallest absolute Gasteiger partial charge is 0.306 e. The van der Waals surface area contributed by atoms with Crippen LogP contribution in [0.4, 0.5) is 0 Å². The molecule has 1 aliphatic rings. The minimum atomic E-state index is -0.738. The molecule has 0 spiro atoms. The fourth-order valence-corrected chi connectivity index (χ4v) is 2.77. The Morgan fingerprint density at radius 3 is 2.39 bits per heavy atom. The van der Waals surface area contributed by atoms with Gasteiger partial charge in [-0.1, -0.05) is 20.8 Å². The molecule has 0 saturated heterocycles. The molecule has 0 aromatic rings. The largest absolute Gasteiger partial charge is 0.465 e. The molecule has 106 valence electrons. The van der Waals surface area contributed by atoms with Gasteiger partial charge < -0.3 is 10.5 Å². The minimum absolute atomic E-state index is 0.196. The second kappa shape index (κ2) is 5.98. The molecule has 1 rings (SSSR count). The second-order valence-electron chi connectivity index (χ2n) is 6.04. The van der Waals surface area contributed by atoms with E-state index >= 15 is 0 Å². The number of hydrogen-bond donors (Lipinski definition) is 1. The van der Waals surface area contributed by atoms with Crippen LogP contribution in [-0.4, -0.2) is 23.5 Å². The highest BCUT2D eigenvalue weighted by atomic mass is 35.5. The van der Waals surface area contributed by atoms with Crippen LogP contribution in [0.1, 0.15) is 40.0 Å². The average Bonchev–Trinajstić information content (AvgIpc) is 2.74. The van der Waals surface area contributed by atoms with Crippen molar-refractivity contribution < 1.29 is 9.53 Å². The lowest BCUT2D eigenvalue weighted by Crippen LogP contribution is -2.23. The van der Waals surface area contributed by atoms with Gasteiger partial charge in [-0.25, -0.2) is 0 Å². The summed E-state index contributed by atoms with van der Waals surface area (Å²) in [4.78, 5) is 11.7. The van der Waals surface area contributed by atoms with E-state index in [1.54, 1.807) is 0 Å². The molecule has 18 heavy (non-hydrogen) atoms. The van der Waals surface area contributed by atoms with Crippen LogP contribution in [0, 0.1) is 17.3 Å². The molecule has 1 saturated carbocycles. The van der Waals surface area contributed by atoms with Gasteiger partial charge in [0, 0.05) is 11.8 Å². The Morgan fingerprint density at radius 2 is 2.00 bits per heavy atom. The first-order chi connectivity index (χ1) is 8.20. The van der Waals surface area contributed by atoms with E-state index < -0.39 is 4.33 Å². The molecule has 0 aromatic carbocycles. The summed E-state index contributed by atoms with van der Waals surface area (Å²) in [6, 6.07) is 0. The van der Waals surface area contributed by atoms with E-state index in [1.807, 2.05) is 6.92 Å². The lowest BCUT2D eigenvalue weighted by atomic mass is 9.94. The molecule has 0 radical (unpaired) electrons. The predicted molar refractivity (Wildman–Crippen MR) is 74.7 cm³/mol. The zero-order chi connectivity index (χ0) is 14.0. The normalized spacial score (nSPS) is 27.1. The molecule has 0 aromatic heterocycles. The van der Waals surface area contributed by atoms with Crippen LogP contribution < -0.4 is 5.73 Å². The molecule has 2 N–H and O–H groups in total. The van der Waals surface area contributed by atoms with Crippen molar-refractivity contribution in [2.75, 3.05) is 13.2 Å². The summed E-state index contributed by atoms with van der Waals surface area (Å²) < 4.78 is 4.52. The number of carbonyl (C=O) groups excluding carboxylic acids is 1. The lowest BCUT2D eigenvalue weighted by molar-refractivity contribution is -0.146. The maximum absolute atomic E-state index is 11.7. The van der Waals surface area contributed by atoms with Gasteiger partial charge in [0.15, 0.2) is 0 Å². The van der Waals surface area contributed by atoms with Crippen LogP contribution in [-0.2, 0) is 9.53 Å². The van der Waals surface area contributed by atoms with Gasteiger partial charge >= 0.3 is 5.97 Å². The molecule has 1 fully saturated rings. The quantitative estimate of drug-likeness (QED) is 0.580. The first kappa shape index (κ1) is 16.1. The third-order valence-electron chi connectivity index (χ3n) is 3.52. The van der Waals surface area contributed by atoms with Crippen molar-refractivity contribution in [3.8, 4) is 0 Å². The van der Waals surface area contributed by atoms with Crippen molar-refractivity contribution >= 4 is 29.2 Å². The van der Waals surface area contributed by atoms with Crippen molar-refractivity contribution in [3.63, 3.8) is 0 Å². The summed E-state index contributed by atoms with van der Waals surface area (Å²) in [5, 5.41) is 0. The van der Waals surface area contributed by atoms with Crippen molar-refractivity contribution in [3.05, 3.63) is 0 Å². The summed E-state index contributed by atoms with van der Waals surface area (Å²) in [5.74, 6) is 0.523. The number of rotatable bonds is 7. The van der Waals surface area contributed by atoms with Crippen LogP contribution in [0.3, 0.4) is 0 Å². The SMILES string of the molecule is CC(C)C[C@H](CN)CC(=O)OC[C@@]1(C)CC1(Cl)Cl. The Balaban J connectivity index is 2.29. The molecule has 0 aliphatic heterocycles. The maximum Gasteiger partial charge on any atom is 0.306 e. The highest BCUT2D eigenvalue weighted by molar-refractivity contribution is 6.51. The van der Waals surface area contributed by atoms with Gasteiger partial charge in [-0.05, 0) is 31.2 Å². The van der Waals surface area contributed by atoms with Crippen molar-refractivity contribution in [1.82, 2.24) is 0 Å². The molecule has 0 amide bonds. The fraction of sp³-hybridized carbons (Fsp3) is 0.923. The van der Waals surface area contributed by atoms with E-state index in [-0.39, 0.29) is 23.9 Å². The maximum atomic E-state index is 11.7. The van der Waals surface area contributed by atoms with E-state index in [9.17, 15) is 4.79 Å². The van der Waals surface area contributed by atoms with Crippen LogP contribution in [0.15, 0.2) is 0 Å². The minimum Gasteiger partial charge on any atom is -0.465 e. The fourth-order valence-electron chi connectivity index (χ4n) is 2.07. The zero-order valence-corrected chi connectivity index (χ0v) is 12.9. The van der Waals surface area contributed by atoms with Gasteiger partial charge in [0.25, 0.3) is 0 Å². The van der Waals surface area contributed by atoms with Gasteiger partial charge in [0.05, 0.1) is 6.61 Å². The number of hydrogen-bond acceptors (Lipinski definition) is 3. The summed E-state index contributed by atoms with van der Waals surface area (Å²) in [6.07, 6.45) is 1.99. The monoisotopic (exact) mass is 295 g/mol. The summed E-state index contributed by atoms with van der Waals surface area (Å²) in [5.41, 5.74) is 5.37. The third kappa shape index (κ3) is 4.29. The molecule has 2 atom stereocenters. The van der Waals surface area contributed by atoms with Gasteiger partial charge in [-0.3, -0.25) is 4.79 Å². The van der Waals surface area contributed by atoms with Gasteiger partial charge in [0.2, 0.25) is 0 Å². The zero-order valence-electron chi connectivity index (χ0n) is 11.3. The standard InChI is InChI=1S/C13H23Cl2NO2/c1-9(2)4-10(6-16)5-11(17)18-8-12(3)7-13(12,14)15/h9-10H,4-8,16H2,1-3H3/t10-,12+/m0/s1. The number of nitrogens with two attached hydrogens (primary N) is 1. The van der Waals surface area contributed by atoms with E-state index in [2.05, 4.69) is 13.8 Å². The molecule has 5 heteroatoms. The van der Waals surface area contributed by atoms with Crippen LogP contribution in [0.25, 0.3) is 0 Å². The first-order valence-electron chi connectivity index (χ1n) is 6.44. The van der Waals surface area contributed by atoms with E-state index in [0.29, 0.717) is 25.3 Å². The second-order valence-corrected chi connectivity index (χ2v) is 7.52. The number of halogens is 2. The summed E-state index contributed by atoms with van der Waals surface area (Å²) >= 11 is 12.0. The van der Waals surface area contributed by atoms with Crippen LogP contribution in [0.2, 0.25) is 0 Å². The highest BCUT2D eigenvalue weighted by Crippen LogP contribution is 2.63. The van der Waals surface area contributed by atoms with Gasteiger partial charge in [-0.2, -0.15) is 0 Å².